The molecule has 1 amide bonds. The smallest absolute Gasteiger partial charge is 0.275 e. The molecule has 0 aliphatic heterocycles. The maximum absolute atomic E-state index is 12.4. The van der Waals surface area contributed by atoms with E-state index in [4.69, 9.17) is 5.11 Å². The van der Waals surface area contributed by atoms with Crippen molar-refractivity contribution in [2.75, 3.05) is 13.2 Å². The van der Waals surface area contributed by atoms with Crippen molar-refractivity contribution < 1.29 is 18.3 Å². The number of hydrogen-bond acceptors (Lipinski definition) is 5. The minimum atomic E-state index is -3.79. The molecule has 1 atom stereocenters. The summed E-state index contributed by atoms with van der Waals surface area (Å²) in [5.74, 6) is -0.766. The lowest BCUT2D eigenvalue weighted by Gasteiger charge is -2.24. The maximum Gasteiger partial charge on any atom is 0.275 e. The van der Waals surface area contributed by atoms with Crippen LogP contribution in [0.5, 0.6) is 0 Å². The van der Waals surface area contributed by atoms with Crippen molar-refractivity contribution in [1.82, 2.24) is 4.31 Å². The predicted octanol–water partition coefficient (Wildman–Crippen LogP) is 1.69. The molecule has 1 rings (SSSR count). The van der Waals surface area contributed by atoms with E-state index in [0.29, 0.717) is 6.42 Å². The zero-order chi connectivity index (χ0) is 14.5. The van der Waals surface area contributed by atoms with Gasteiger partial charge in [-0.3, -0.25) is 4.79 Å². The molecule has 0 bridgehead atoms. The van der Waals surface area contributed by atoms with Gasteiger partial charge in [-0.2, -0.15) is 0 Å². The lowest BCUT2D eigenvalue weighted by Crippen LogP contribution is -2.40. The van der Waals surface area contributed by atoms with E-state index in [9.17, 15) is 13.2 Å². The fourth-order valence-electron chi connectivity index (χ4n) is 1.50. The summed E-state index contributed by atoms with van der Waals surface area (Å²) < 4.78 is 25.8. The average Bonchev–Trinajstić information content (AvgIpc) is 2.92. The van der Waals surface area contributed by atoms with Gasteiger partial charge < -0.3 is 5.11 Å². The van der Waals surface area contributed by atoms with Gasteiger partial charge in [-0.05, 0) is 24.3 Å². The lowest BCUT2D eigenvalue weighted by atomic mass is 10.1. The van der Waals surface area contributed by atoms with E-state index in [1.165, 1.54) is 6.07 Å². The molecule has 1 heterocycles. The molecule has 1 aromatic heterocycles. The SMILES string of the molecule is CCC(C)C(=O)N(CCCO)S(=O)(=O)c1cccs1. The van der Waals surface area contributed by atoms with E-state index in [1.807, 2.05) is 6.92 Å². The molecule has 19 heavy (non-hydrogen) atoms. The highest BCUT2D eigenvalue weighted by molar-refractivity contribution is 7.91. The number of nitrogens with zero attached hydrogens (tertiary/aromatic N) is 1. The molecule has 0 aromatic carbocycles. The second-order valence-corrected chi connectivity index (χ2v) is 7.27. The quantitative estimate of drug-likeness (QED) is 0.832. The van der Waals surface area contributed by atoms with Crippen LogP contribution in [0.4, 0.5) is 0 Å². The second kappa shape index (κ2) is 7.02. The molecule has 0 radical (unpaired) electrons. The Labute approximate surface area is 117 Å². The lowest BCUT2D eigenvalue weighted by molar-refractivity contribution is -0.130. The topological polar surface area (TPSA) is 74.7 Å². The third kappa shape index (κ3) is 3.77. The Balaban J connectivity index is 3.06. The number of rotatable bonds is 7. The monoisotopic (exact) mass is 305 g/mol. The Morgan fingerprint density at radius 1 is 1.53 bits per heavy atom. The molecule has 0 saturated heterocycles. The van der Waals surface area contributed by atoms with E-state index in [0.717, 1.165) is 15.6 Å². The number of sulfonamides is 1. The van der Waals surface area contributed by atoms with Crippen LogP contribution < -0.4 is 0 Å². The van der Waals surface area contributed by atoms with Gasteiger partial charge in [-0.15, -0.1) is 11.3 Å². The van der Waals surface area contributed by atoms with Crippen LogP contribution in [0.2, 0.25) is 0 Å². The minimum Gasteiger partial charge on any atom is -0.396 e. The van der Waals surface area contributed by atoms with Gasteiger partial charge in [0, 0.05) is 19.1 Å². The first-order valence-electron chi connectivity index (χ1n) is 6.16. The van der Waals surface area contributed by atoms with Gasteiger partial charge >= 0.3 is 0 Å². The second-order valence-electron chi connectivity index (χ2n) is 4.23. The zero-order valence-corrected chi connectivity index (χ0v) is 12.7. The van der Waals surface area contributed by atoms with Gasteiger partial charge in [0.1, 0.15) is 4.21 Å². The Bertz CT molecular complexity index is 496. The highest BCUT2D eigenvalue weighted by Gasteiger charge is 2.31. The largest absolute Gasteiger partial charge is 0.396 e. The Morgan fingerprint density at radius 3 is 2.68 bits per heavy atom. The summed E-state index contributed by atoms with van der Waals surface area (Å²) in [5, 5.41) is 10.5. The highest BCUT2D eigenvalue weighted by Crippen LogP contribution is 2.23. The van der Waals surface area contributed by atoms with E-state index in [1.54, 1.807) is 18.4 Å². The zero-order valence-electron chi connectivity index (χ0n) is 11.1. The average molecular weight is 305 g/mol. The molecule has 0 spiro atoms. The van der Waals surface area contributed by atoms with Gasteiger partial charge in [0.2, 0.25) is 5.91 Å². The summed E-state index contributed by atoms with van der Waals surface area (Å²) in [6.45, 7) is 3.41. The molecular weight excluding hydrogens is 286 g/mol. The van der Waals surface area contributed by atoms with Crippen LogP contribution in [-0.2, 0) is 14.8 Å². The Kier molecular flexibility index (Phi) is 5.96. The van der Waals surface area contributed by atoms with Gasteiger partial charge in [0.15, 0.2) is 0 Å². The first-order valence-corrected chi connectivity index (χ1v) is 8.48. The summed E-state index contributed by atoms with van der Waals surface area (Å²) in [4.78, 5) is 12.2. The van der Waals surface area contributed by atoms with Crippen molar-refractivity contribution in [1.29, 1.82) is 0 Å². The molecule has 1 N–H and O–H groups in total. The fourth-order valence-corrected chi connectivity index (χ4v) is 4.13. The van der Waals surface area contributed by atoms with Crippen molar-refractivity contribution in [3.63, 3.8) is 0 Å². The number of carbonyl (C=O) groups is 1. The van der Waals surface area contributed by atoms with Crippen molar-refractivity contribution >= 4 is 27.3 Å². The van der Waals surface area contributed by atoms with Crippen molar-refractivity contribution in [2.45, 2.75) is 30.9 Å². The van der Waals surface area contributed by atoms with Crippen LogP contribution in [0.1, 0.15) is 26.7 Å². The Morgan fingerprint density at radius 2 is 2.21 bits per heavy atom. The normalized spacial score (nSPS) is 13.2. The standard InChI is InChI=1S/C12H19NO4S2/c1-3-10(2)12(15)13(7-5-8-14)19(16,17)11-6-4-9-18-11/h4,6,9-10,14H,3,5,7-8H2,1-2H3. The van der Waals surface area contributed by atoms with Gasteiger partial charge in [0.25, 0.3) is 10.0 Å². The van der Waals surface area contributed by atoms with Crippen LogP contribution in [0.25, 0.3) is 0 Å². The first kappa shape index (κ1) is 16.1. The number of carbonyl (C=O) groups excluding carboxylic acids is 1. The van der Waals surface area contributed by atoms with E-state index < -0.39 is 15.9 Å². The van der Waals surface area contributed by atoms with Crippen molar-refractivity contribution in [3.8, 4) is 0 Å². The summed E-state index contributed by atoms with van der Waals surface area (Å²) in [5.41, 5.74) is 0. The molecule has 0 aliphatic carbocycles. The number of thiophene rings is 1. The molecule has 108 valence electrons. The summed E-state index contributed by atoms with van der Waals surface area (Å²) >= 11 is 1.08. The van der Waals surface area contributed by atoms with Crippen LogP contribution in [-0.4, -0.2) is 36.9 Å². The van der Waals surface area contributed by atoms with E-state index in [2.05, 4.69) is 0 Å². The highest BCUT2D eigenvalue weighted by atomic mass is 32.2. The molecule has 0 aliphatic rings. The first-order chi connectivity index (χ1) is 8.95. The van der Waals surface area contributed by atoms with Gasteiger partial charge in [-0.1, -0.05) is 19.9 Å². The maximum atomic E-state index is 12.4. The molecule has 5 nitrogen and oxygen atoms in total. The third-order valence-corrected chi connectivity index (χ3v) is 6.01. The van der Waals surface area contributed by atoms with Gasteiger partial charge in [-0.25, -0.2) is 12.7 Å². The van der Waals surface area contributed by atoms with Crippen LogP contribution in [0, 0.1) is 5.92 Å². The van der Waals surface area contributed by atoms with Crippen LogP contribution in [0.3, 0.4) is 0 Å². The number of amides is 1. The summed E-state index contributed by atoms with van der Waals surface area (Å²) in [6, 6.07) is 3.12. The molecule has 1 unspecified atom stereocenters. The Hall–Kier alpha value is -0.920. The fraction of sp³-hybridized carbons (Fsp3) is 0.583. The summed E-state index contributed by atoms with van der Waals surface area (Å²) in [7, 11) is -3.79. The van der Waals surface area contributed by atoms with Crippen molar-refractivity contribution in [3.05, 3.63) is 17.5 Å². The third-order valence-electron chi connectivity index (χ3n) is 2.84. The molecular formula is C12H19NO4S2. The van der Waals surface area contributed by atoms with Crippen LogP contribution in [0.15, 0.2) is 21.7 Å². The van der Waals surface area contributed by atoms with E-state index >= 15 is 0 Å². The molecule has 0 saturated carbocycles. The summed E-state index contributed by atoms with van der Waals surface area (Å²) in [6.07, 6.45) is 0.821. The molecule has 0 fully saturated rings. The van der Waals surface area contributed by atoms with Crippen molar-refractivity contribution in [2.24, 2.45) is 5.92 Å². The van der Waals surface area contributed by atoms with E-state index in [-0.39, 0.29) is 29.7 Å². The van der Waals surface area contributed by atoms with Crippen LogP contribution >= 0.6 is 11.3 Å². The number of hydrogen-bond donors (Lipinski definition) is 1. The predicted molar refractivity (Wildman–Crippen MR) is 74.4 cm³/mol. The van der Waals surface area contributed by atoms with Gasteiger partial charge in [0.05, 0.1) is 0 Å². The molecule has 1 aromatic rings. The molecule has 7 heteroatoms. The minimum absolute atomic E-state index is 0.0138. The number of aliphatic hydroxyl groups excluding tert-OH is 1. The number of aliphatic hydroxyl groups is 1.